The number of rotatable bonds is 4. The number of piperidine rings is 1. The van der Waals surface area contributed by atoms with Gasteiger partial charge in [-0.3, -0.25) is 4.79 Å². The first-order chi connectivity index (χ1) is 12.2. The van der Waals surface area contributed by atoms with Gasteiger partial charge in [0.1, 0.15) is 5.69 Å². The number of aromatic amines is 1. The van der Waals surface area contributed by atoms with Gasteiger partial charge in [0.15, 0.2) is 5.13 Å². The molecule has 9 heteroatoms. The van der Waals surface area contributed by atoms with E-state index in [1.165, 1.54) is 11.3 Å². The number of hydrogen-bond acceptors (Lipinski definition) is 5. The van der Waals surface area contributed by atoms with Crippen LogP contribution in [0.5, 0.6) is 0 Å². The zero-order chi connectivity index (χ0) is 19.1. The van der Waals surface area contributed by atoms with Crippen molar-refractivity contribution in [3.8, 4) is 0 Å². The van der Waals surface area contributed by atoms with Gasteiger partial charge in [0.05, 0.1) is 20.5 Å². The molecule has 1 fully saturated rings. The summed E-state index contributed by atoms with van der Waals surface area (Å²) in [6.45, 7) is 6.88. The first-order valence-corrected chi connectivity index (χ1v) is 10.0. The molecular formula is C17H22Cl2N4O2S. The molecule has 0 bridgehead atoms. The van der Waals surface area contributed by atoms with Crippen molar-refractivity contribution in [2.45, 2.75) is 45.3 Å². The number of H-pyrrole nitrogens is 1. The molecule has 0 spiro atoms. The lowest BCUT2D eigenvalue weighted by molar-refractivity contribution is 0.0823. The number of carbonyl (C=O) groups is 1. The fraction of sp³-hybridized carbons (Fsp3) is 0.529. The summed E-state index contributed by atoms with van der Waals surface area (Å²) in [5, 5.41) is 14.7. The Kier molecular flexibility index (Phi) is 5.53. The predicted octanol–water partition coefficient (Wildman–Crippen LogP) is 3.71. The van der Waals surface area contributed by atoms with Crippen LogP contribution in [0, 0.1) is 6.92 Å². The van der Waals surface area contributed by atoms with Gasteiger partial charge in [-0.15, -0.1) is 0 Å². The summed E-state index contributed by atoms with van der Waals surface area (Å²) in [5.41, 5.74) is 0.117. The predicted molar refractivity (Wildman–Crippen MR) is 106 cm³/mol. The number of hydrogen-bond donors (Lipinski definition) is 3. The number of nitrogens with zero attached hydrogens (tertiary/aromatic N) is 2. The molecule has 0 aromatic carbocycles. The number of halogens is 2. The standard InChI is InChI=1S/C17H22Cl2N4O2S/c1-9-12(18)13(19)14(21-9)15(24)22-10-4-6-23(7-5-10)16-20-8-11(26-16)17(2,3)25/h8,10,21,25H,4-7H2,1-3H3,(H,22,24). The molecule has 0 atom stereocenters. The Bertz CT molecular complexity index is 804. The number of aromatic nitrogens is 2. The van der Waals surface area contributed by atoms with Crippen LogP contribution in [0.3, 0.4) is 0 Å². The van der Waals surface area contributed by atoms with Crippen molar-refractivity contribution < 1.29 is 9.90 Å². The summed E-state index contributed by atoms with van der Waals surface area (Å²) in [5.74, 6) is -0.234. The molecule has 6 nitrogen and oxygen atoms in total. The van der Waals surface area contributed by atoms with Gasteiger partial charge in [0.2, 0.25) is 0 Å². The summed E-state index contributed by atoms with van der Waals surface area (Å²) in [7, 11) is 0. The second-order valence-electron chi connectivity index (χ2n) is 7.05. The molecule has 0 saturated carbocycles. The second-order valence-corrected chi connectivity index (χ2v) is 8.82. The highest BCUT2D eigenvalue weighted by Gasteiger charge is 2.26. The molecule has 0 aliphatic carbocycles. The van der Waals surface area contributed by atoms with Crippen LogP contribution >= 0.6 is 34.5 Å². The van der Waals surface area contributed by atoms with Crippen molar-refractivity contribution in [1.29, 1.82) is 0 Å². The van der Waals surface area contributed by atoms with Crippen molar-refractivity contribution in [2.24, 2.45) is 0 Å². The van der Waals surface area contributed by atoms with Crippen LogP contribution in [0.4, 0.5) is 5.13 Å². The van der Waals surface area contributed by atoms with Crippen molar-refractivity contribution in [2.75, 3.05) is 18.0 Å². The van der Waals surface area contributed by atoms with Gasteiger partial charge in [-0.25, -0.2) is 4.98 Å². The van der Waals surface area contributed by atoms with Crippen LogP contribution in [-0.4, -0.2) is 40.1 Å². The number of aryl methyl sites for hydroxylation is 1. The Morgan fingerprint density at radius 3 is 2.54 bits per heavy atom. The molecule has 3 heterocycles. The van der Waals surface area contributed by atoms with Crippen LogP contribution in [0.1, 0.15) is 47.7 Å². The molecule has 26 heavy (non-hydrogen) atoms. The summed E-state index contributed by atoms with van der Waals surface area (Å²) in [4.78, 5) is 22.8. The molecule has 3 N–H and O–H groups in total. The lowest BCUT2D eigenvalue weighted by atomic mass is 10.1. The van der Waals surface area contributed by atoms with E-state index in [0.29, 0.717) is 16.4 Å². The van der Waals surface area contributed by atoms with Gasteiger partial charge in [-0.05, 0) is 33.6 Å². The highest BCUT2D eigenvalue weighted by atomic mass is 35.5. The van der Waals surface area contributed by atoms with E-state index in [4.69, 9.17) is 23.2 Å². The molecule has 2 aromatic heterocycles. The molecule has 1 amide bonds. The van der Waals surface area contributed by atoms with Gasteiger partial charge in [-0.1, -0.05) is 34.5 Å². The summed E-state index contributed by atoms with van der Waals surface area (Å²) < 4.78 is 0. The lowest BCUT2D eigenvalue weighted by Crippen LogP contribution is -2.44. The van der Waals surface area contributed by atoms with Crippen LogP contribution in [-0.2, 0) is 5.60 Å². The number of thiazole rings is 1. The molecule has 1 aliphatic heterocycles. The molecule has 2 aromatic rings. The fourth-order valence-electron chi connectivity index (χ4n) is 2.89. The maximum atomic E-state index is 12.4. The third kappa shape index (κ3) is 4.01. The van der Waals surface area contributed by atoms with E-state index in [-0.39, 0.29) is 17.0 Å². The number of amides is 1. The third-order valence-corrected chi connectivity index (χ3v) is 6.80. The molecular weight excluding hydrogens is 395 g/mol. The Morgan fingerprint density at radius 2 is 2.04 bits per heavy atom. The molecule has 142 valence electrons. The zero-order valence-corrected chi connectivity index (χ0v) is 17.2. The summed E-state index contributed by atoms with van der Waals surface area (Å²) >= 11 is 13.6. The lowest BCUT2D eigenvalue weighted by Gasteiger charge is -2.32. The first-order valence-electron chi connectivity index (χ1n) is 8.45. The monoisotopic (exact) mass is 416 g/mol. The quantitative estimate of drug-likeness (QED) is 0.709. The van der Waals surface area contributed by atoms with Crippen molar-refractivity contribution in [3.05, 3.63) is 32.5 Å². The normalized spacial score (nSPS) is 16.2. The fourth-order valence-corrected chi connectivity index (χ4v) is 4.28. The smallest absolute Gasteiger partial charge is 0.269 e. The first kappa shape index (κ1) is 19.5. The van der Waals surface area contributed by atoms with Crippen molar-refractivity contribution >= 4 is 45.6 Å². The van der Waals surface area contributed by atoms with Gasteiger partial charge in [0.25, 0.3) is 5.91 Å². The Morgan fingerprint density at radius 1 is 1.38 bits per heavy atom. The molecule has 0 radical (unpaired) electrons. The van der Waals surface area contributed by atoms with E-state index >= 15 is 0 Å². The average Bonchev–Trinajstić information content (AvgIpc) is 3.17. The minimum atomic E-state index is -0.878. The summed E-state index contributed by atoms with van der Waals surface area (Å²) in [6, 6.07) is 0.0749. The van der Waals surface area contributed by atoms with E-state index in [9.17, 15) is 9.90 Å². The van der Waals surface area contributed by atoms with Gasteiger partial charge in [0, 0.05) is 31.0 Å². The van der Waals surface area contributed by atoms with E-state index in [1.807, 2.05) is 0 Å². The number of aliphatic hydroxyl groups is 1. The van der Waals surface area contributed by atoms with Crippen LogP contribution in [0.15, 0.2) is 6.20 Å². The Hall–Kier alpha value is -1.28. The van der Waals surface area contributed by atoms with Crippen LogP contribution in [0.25, 0.3) is 0 Å². The molecule has 1 saturated heterocycles. The SMILES string of the molecule is Cc1[nH]c(C(=O)NC2CCN(c3ncc(C(C)(C)O)s3)CC2)c(Cl)c1Cl. The van der Waals surface area contributed by atoms with Gasteiger partial charge in [-0.2, -0.15) is 0 Å². The van der Waals surface area contributed by atoms with E-state index < -0.39 is 5.60 Å². The van der Waals surface area contributed by atoms with Crippen molar-refractivity contribution in [3.63, 3.8) is 0 Å². The molecule has 0 unspecified atom stereocenters. The zero-order valence-electron chi connectivity index (χ0n) is 14.9. The molecule has 3 rings (SSSR count). The van der Waals surface area contributed by atoms with Gasteiger partial charge < -0.3 is 20.3 Å². The average molecular weight is 417 g/mol. The van der Waals surface area contributed by atoms with Gasteiger partial charge >= 0.3 is 0 Å². The van der Waals surface area contributed by atoms with E-state index in [2.05, 4.69) is 20.2 Å². The topological polar surface area (TPSA) is 81.2 Å². The third-order valence-electron chi connectivity index (χ3n) is 4.48. The largest absolute Gasteiger partial charge is 0.385 e. The highest BCUT2D eigenvalue weighted by molar-refractivity contribution is 7.15. The van der Waals surface area contributed by atoms with Crippen LogP contribution < -0.4 is 10.2 Å². The molecule has 1 aliphatic rings. The van der Waals surface area contributed by atoms with Crippen LogP contribution in [0.2, 0.25) is 10.0 Å². The van der Waals surface area contributed by atoms with E-state index in [0.717, 1.165) is 35.9 Å². The number of nitrogens with one attached hydrogen (secondary N) is 2. The van der Waals surface area contributed by atoms with E-state index in [1.54, 1.807) is 27.0 Å². The Labute approximate surface area is 166 Å². The minimum Gasteiger partial charge on any atom is -0.385 e. The Balaban J connectivity index is 1.58. The number of anilines is 1. The van der Waals surface area contributed by atoms with Crippen molar-refractivity contribution in [1.82, 2.24) is 15.3 Å². The minimum absolute atomic E-state index is 0.0749. The highest BCUT2D eigenvalue weighted by Crippen LogP contribution is 2.32. The number of carbonyl (C=O) groups excluding carboxylic acids is 1. The maximum Gasteiger partial charge on any atom is 0.269 e. The second kappa shape index (κ2) is 7.38. The maximum absolute atomic E-state index is 12.4. The summed E-state index contributed by atoms with van der Waals surface area (Å²) in [6.07, 6.45) is 3.36.